The van der Waals surface area contributed by atoms with E-state index in [9.17, 15) is 27.6 Å². The van der Waals surface area contributed by atoms with Crippen molar-refractivity contribution in [3.8, 4) is 11.6 Å². The van der Waals surface area contributed by atoms with Crippen molar-refractivity contribution >= 4 is 60.5 Å². The Kier molecular flexibility index (Phi) is 11.6. The average Bonchev–Trinajstić information content (AvgIpc) is 3.79. The number of likely N-dealkylation sites (tertiary alicyclic amines) is 1. The van der Waals surface area contributed by atoms with E-state index in [0.29, 0.717) is 34.0 Å². The third-order valence-electron chi connectivity index (χ3n) is 7.88. The highest BCUT2D eigenvalue weighted by molar-refractivity contribution is 9.10. The van der Waals surface area contributed by atoms with Crippen LogP contribution >= 0.6 is 15.9 Å². The molecule has 2 aliphatic rings. The van der Waals surface area contributed by atoms with Crippen molar-refractivity contribution in [2.24, 2.45) is 5.41 Å². The van der Waals surface area contributed by atoms with Crippen LogP contribution in [0.15, 0.2) is 53.3 Å². The van der Waals surface area contributed by atoms with Crippen molar-refractivity contribution in [2.45, 2.75) is 89.8 Å². The van der Waals surface area contributed by atoms with Gasteiger partial charge in [0.15, 0.2) is 10.4 Å². The van der Waals surface area contributed by atoms with Crippen LogP contribution in [0.1, 0.15) is 60.8 Å². The Bertz CT molecular complexity index is 1810. The molecule has 272 valence electrons. The molecule has 1 aromatic carbocycles. The lowest BCUT2D eigenvalue weighted by Crippen LogP contribution is -2.58. The van der Waals surface area contributed by atoms with E-state index in [2.05, 4.69) is 38.1 Å². The van der Waals surface area contributed by atoms with E-state index in [4.69, 9.17) is 14.2 Å². The maximum Gasteiger partial charge on any atom is 0.408 e. The van der Waals surface area contributed by atoms with Crippen LogP contribution in [0, 0.1) is 5.41 Å². The van der Waals surface area contributed by atoms with E-state index >= 15 is 0 Å². The quantitative estimate of drug-likeness (QED) is 0.171. The number of sulfonamides is 1. The largest absolute Gasteiger partial charge is 0.493 e. The summed E-state index contributed by atoms with van der Waals surface area (Å²) in [5.41, 5.74) is -2.05. The molecular formula is C34H44BrN5O9S. The number of ether oxygens (including phenoxy) is 3. The van der Waals surface area contributed by atoms with Crippen LogP contribution in [0.2, 0.25) is 0 Å². The number of hydrogen-bond acceptors (Lipinski definition) is 10. The summed E-state index contributed by atoms with van der Waals surface area (Å²) in [6.45, 7) is 13.8. The maximum absolute atomic E-state index is 14.4. The molecule has 3 atom stereocenters. The summed E-state index contributed by atoms with van der Waals surface area (Å²) in [5, 5.41) is 5.82. The minimum atomic E-state index is -3.93. The van der Waals surface area contributed by atoms with E-state index in [1.165, 1.54) is 18.1 Å². The molecule has 2 heterocycles. The summed E-state index contributed by atoms with van der Waals surface area (Å²) in [7, 11) is -2.41. The molecule has 1 aliphatic heterocycles. The van der Waals surface area contributed by atoms with Crippen molar-refractivity contribution in [2.75, 3.05) is 13.7 Å². The van der Waals surface area contributed by atoms with Crippen molar-refractivity contribution in [3.05, 3.63) is 53.3 Å². The van der Waals surface area contributed by atoms with Gasteiger partial charge in [-0.2, -0.15) is 0 Å². The number of amides is 4. The van der Waals surface area contributed by atoms with Gasteiger partial charge in [0.05, 0.1) is 18.9 Å². The van der Waals surface area contributed by atoms with Gasteiger partial charge >= 0.3 is 6.09 Å². The van der Waals surface area contributed by atoms with Crippen molar-refractivity contribution in [1.29, 1.82) is 0 Å². The van der Waals surface area contributed by atoms with E-state index < -0.39 is 68.3 Å². The second-order valence-corrected chi connectivity index (χ2v) is 16.9. The van der Waals surface area contributed by atoms with Gasteiger partial charge in [-0.1, -0.05) is 51.6 Å². The molecule has 0 radical (unpaired) electrons. The van der Waals surface area contributed by atoms with Gasteiger partial charge in [0.25, 0.3) is 5.91 Å². The summed E-state index contributed by atoms with van der Waals surface area (Å²) in [5.74, 6) is -1.71. The van der Waals surface area contributed by atoms with Crippen molar-refractivity contribution < 1.29 is 41.8 Å². The zero-order valence-corrected chi connectivity index (χ0v) is 31.6. The Balaban J connectivity index is 1.68. The van der Waals surface area contributed by atoms with Gasteiger partial charge in [-0.05, 0) is 67.1 Å². The predicted octanol–water partition coefficient (Wildman–Crippen LogP) is 4.09. The molecule has 14 nitrogen and oxygen atoms in total. The minimum Gasteiger partial charge on any atom is -0.493 e. The lowest BCUT2D eigenvalue weighted by Gasteiger charge is -2.35. The number of benzene rings is 1. The monoisotopic (exact) mass is 777 g/mol. The number of nitrogens with one attached hydrogen (secondary N) is 3. The average molecular weight is 779 g/mol. The van der Waals surface area contributed by atoms with Gasteiger partial charge in [0.1, 0.15) is 29.5 Å². The first-order valence-electron chi connectivity index (χ1n) is 16.0. The number of hydrogen-bond donors (Lipinski definition) is 3. The molecule has 50 heavy (non-hydrogen) atoms. The number of pyridine rings is 1. The summed E-state index contributed by atoms with van der Waals surface area (Å²) >= 11 is 3.43. The molecule has 1 aromatic heterocycles. The molecule has 4 amide bonds. The van der Waals surface area contributed by atoms with Crippen LogP contribution in [0.3, 0.4) is 0 Å². The normalized spacial score (nSPS) is 19.0. The number of methoxy groups -OCH3 is 1. The molecule has 4 rings (SSSR count). The second-order valence-electron chi connectivity index (χ2n) is 14.2. The second kappa shape index (κ2) is 15.0. The number of alkyl carbamates (subject to hydrolysis) is 1. The third kappa shape index (κ3) is 9.33. The van der Waals surface area contributed by atoms with Gasteiger partial charge in [-0.3, -0.25) is 14.4 Å². The lowest BCUT2D eigenvalue weighted by molar-refractivity contribution is -0.142. The molecule has 1 saturated carbocycles. The molecule has 1 aliphatic carbocycles. The molecule has 16 heteroatoms. The maximum atomic E-state index is 14.4. The zero-order chi connectivity index (χ0) is 37.2. The van der Waals surface area contributed by atoms with E-state index in [1.54, 1.807) is 47.6 Å². The van der Waals surface area contributed by atoms with Crippen LogP contribution in [-0.4, -0.2) is 84.8 Å². The fourth-order valence-corrected chi connectivity index (χ4v) is 7.22. The number of carbonyl (C=O) groups excluding carboxylic acids is 4. The predicted molar refractivity (Wildman–Crippen MR) is 190 cm³/mol. The Labute approximate surface area is 300 Å². The van der Waals surface area contributed by atoms with Gasteiger partial charge < -0.3 is 29.7 Å². The fourth-order valence-electron chi connectivity index (χ4n) is 5.39. The van der Waals surface area contributed by atoms with Crippen LogP contribution in [0.5, 0.6) is 11.6 Å². The highest BCUT2D eigenvalue weighted by Crippen LogP contribution is 2.38. The lowest BCUT2D eigenvalue weighted by atomic mass is 9.85. The Morgan fingerprint density at radius 1 is 1.08 bits per heavy atom. The molecule has 0 spiro atoms. The number of halogens is 1. The first kappa shape index (κ1) is 38.6. The van der Waals surface area contributed by atoms with Gasteiger partial charge in [0, 0.05) is 17.2 Å². The summed E-state index contributed by atoms with van der Waals surface area (Å²) in [4.78, 5) is 60.1. The van der Waals surface area contributed by atoms with Gasteiger partial charge in [-0.15, -0.1) is 0 Å². The number of nitrogens with zero attached hydrogens (tertiary/aromatic N) is 2. The topological polar surface area (TPSA) is 182 Å². The molecule has 0 bridgehead atoms. The van der Waals surface area contributed by atoms with Crippen LogP contribution in [-0.2, 0) is 29.1 Å². The summed E-state index contributed by atoms with van der Waals surface area (Å²) in [6, 6.07) is 4.93. The van der Waals surface area contributed by atoms with Gasteiger partial charge in [-0.25, -0.2) is 22.9 Å². The van der Waals surface area contributed by atoms with E-state index in [1.807, 2.05) is 22.9 Å². The number of carbonyl (C=O) groups is 4. The number of rotatable bonds is 11. The molecule has 2 aromatic rings. The first-order valence-corrected chi connectivity index (χ1v) is 18.4. The highest BCUT2D eigenvalue weighted by atomic mass is 79.9. The molecular weight excluding hydrogens is 734 g/mol. The zero-order valence-electron chi connectivity index (χ0n) is 29.2. The molecule has 1 saturated heterocycles. The first-order chi connectivity index (χ1) is 23.3. The summed E-state index contributed by atoms with van der Waals surface area (Å²) < 4.78 is 44.7. The molecule has 2 fully saturated rings. The number of allylic oxidation sites excluding steroid dienone is 2. The molecule has 3 N–H and O–H groups in total. The van der Waals surface area contributed by atoms with Crippen molar-refractivity contribution in [1.82, 2.24) is 25.2 Å². The molecule has 0 unspecified atom stereocenters. The SMILES string of the molecule is C=C/C=C(/NC(=O)[C@@H]1C[C@@H](Oc2nc(Br)c(OC)c3ccccc23)CN1C(=O)[C@@H](NC(=O)OC(C)(C)C)C(C)(C)C)C(=O)NS(=O)(=O)C1CC1. The minimum absolute atomic E-state index is 0.0378. The van der Waals surface area contributed by atoms with Crippen LogP contribution < -0.4 is 24.8 Å². The highest BCUT2D eigenvalue weighted by Gasteiger charge is 2.47. The van der Waals surface area contributed by atoms with Crippen LogP contribution in [0.25, 0.3) is 10.8 Å². The van der Waals surface area contributed by atoms with Gasteiger partial charge in [0.2, 0.25) is 27.7 Å². The van der Waals surface area contributed by atoms with Crippen molar-refractivity contribution in [3.63, 3.8) is 0 Å². The third-order valence-corrected chi connectivity index (χ3v) is 10.2. The van der Waals surface area contributed by atoms with E-state index in [0.717, 1.165) is 6.08 Å². The smallest absolute Gasteiger partial charge is 0.408 e. The fraction of sp³-hybridized carbons (Fsp3) is 0.500. The summed E-state index contributed by atoms with van der Waals surface area (Å²) in [6.07, 6.45) is 1.61. The standard InChI is InChI=1S/C34H44BrN5O9S/c1-9-12-23(28(41)39-50(45,46)20-15-16-20)36-29(42)24-17-19(48-30-22-14-11-10-13-21(22)25(47-8)27(35)38-30)18-40(24)31(43)26(33(2,3)4)37-32(44)49-34(5,6)7/h9-14,19-20,24,26H,1,15-18H2,2-8H3,(H,36,42)(H,37,44)(H,39,41)/b23-12+/t19-,24+,26-/m1/s1. The van der Waals surface area contributed by atoms with E-state index in [-0.39, 0.29) is 24.5 Å². The van der Waals surface area contributed by atoms with Crippen LogP contribution in [0.4, 0.5) is 4.79 Å². The number of aromatic nitrogens is 1. The number of fused-ring (bicyclic) bond motifs is 1. The Morgan fingerprint density at radius 3 is 2.28 bits per heavy atom. The Morgan fingerprint density at radius 2 is 1.72 bits per heavy atom. The Hall–Kier alpha value is -4.18.